The maximum absolute atomic E-state index is 6.93. The number of hydrogen-bond acceptors (Lipinski definition) is 3. The van der Waals surface area contributed by atoms with Gasteiger partial charge in [0.05, 0.1) is 0 Å². The minimum atomic E-state index is -1.25. The van der Waals surface area contributed by atoms with E-state index in [0.717, 1.165) is 56.7 Å². The number of rotatable bonds is 13. The van der Waals surface area contributed by atoms with Crippen LogP contribution in [0.4, 0.5) is 0 Å². The van der Waals surface area contributed by atoms with Gasteiger partial charge in [0.2, 0.25) is 0 Å². The molecule has 4 heterocycles. The molecule has 36 heavy (non-hydrogen) atoms. The molecule has 4 aliphatic rings. The molecule has 4 bridgehead atoms. The fourth-order valence-corrected chi connectivity index (χ4v) is 7.07. The van der Waals surface area contributed by atoms with Gasteiger partial charge in [-0.25, -0.2) is 4.67 Å². The number of nitrogens with zero attached hydrogens (tertiary/aromatic N) is 1. The lowest BCUT2D eigenvalue weighted by molar-refractivity contribution is 0.347. The van der Waals surface area contributed by atoms with E-state index in [0.29, 0.717) is 5.92 Å². The summed E-state index contributed by atoms with van der Waals surface area (Å²) in [5.41, 5.74) is 8.35. The minimum Gasteiger partial charge on any atom is -0.427 e. The van der Waals surface area contributed by atoms with Crippen molar-refractivity contribution >= 4 is 8.53 Å². The van der Waals surface area contributed by atoms with Crippen molar-refractivity contribution in [3.8, 4) is 11.5 Å². The maximum Gasteiger partial charge on any atom is 0.384 e. The van der Waals surface area contributed by atoms with E-state index in [2.05, 4.69) is 77.4 Å². The van der Waals surface area contributed by atoms with E-state index in [1.165, 1.54) is 65.5 Å². The number of benzene rings is 2. The summed E-state index contributed by atoms with van der Waals surface area (Å²) in [6.07, 6.45) is 11.4. The summed E-state index contributed by atoms with van der Waals surface area (Å²) < 4.78 is 16.3. The van der Waals surface area contributed by atoms with Gasteiger partial charge in [0, 0.05) is 19.0 Å². The Kier molecular flexibility index (Phi) is 11.6. The molecule has 200 valence electrons. The van der Waals surface area contributed by atoms with Gasteiger partial charge in [-0.2, -0.15) is 0 Å². The molecule has 4 aliphatic heterocycles. The lowest BCUT2D eigenvalue weighted by Crippen LogP contribution is -2.25. The van der Waals surface area contributed by atoms with Gasteiger partial charge in [-0.3, -0.25) is 0 Å². The summed E-state index contributed by atoms with van der Waals surface area (Å²) in [4.78, 5) is 0. The Morgan fingerprint density at radius 1 is 0.667 bits per heavy atom. The molecule has 0 atom stereocenters. The third-order valence-electron chi connectivity index (χ3n) is 7.37. The molecule has 0 unspecified atom stereocenters. The smallest absolute Gasteiger partial charge is 0.384 e. The summed E-state index contributed by atoms with van der Waals surface area (Å²) in [6.45, 7) is 17.9. The van der Waals surface area contributed by atoms with E-state index >= 15 is 0 Å². The van der Waals surface area contributed by atoms with Crippen molar-refractivity contribution in [3.63, 3.8) is 0 Å². The monoisotopic (exact) mass is 511 g/mol. The van der Waals surface area contributed by atoms with E-state index in [1.54, 1.807) is 0 Å². The first-order valence-electron chi connectivity index (χ1n) is 14.6. The second-order valence-electron chi connectivity index (χ2n) is 10.6. The Bertz CT molecular complexity index is 900. The summed E-state index contributed by atoms with van der Waals surface area (Å²) in [7, 11) is -1.25. The first-order valence-corrected chi connectivity index (χ1v) is 15.8. The molecule has 0 saturated carbocycles. The predicted molar refractivity (Wildman–Crippen MR) is 157 cm³/mol. The normalized spacial score (nSPS) is 17.1. The van der Waals surface area contributed by atoms with Crippen LogP contribution < -0.4 is 9.05 Å². The highest BCUT2D eigenvalue weighted by atomic mass is 31.2. The molecular weight excluding hydrogens is 461 g/mol. The van der Waals surface area contributed by atoms with Crippen LogP contribution in [-0.4, -0.2) is 17.8 Å². The first-order chi connectivity index (χ1) is 17.5. The lowest BCUT2D eigenvalue weighted by atomic mass is 9.81. The topological polar surface area (TPSA) is 21.7 Å². The highest BCUT2D eigenvalue weighted by Crippen LogP contribution is 2.49. The highest BCUT2D eigenvalue weighted by Gasteiger charge is 2.29. The number of hydrogen-bond donors (Lipinski definition) is 0. The Morgan fingerprint density at radius 2 is 1.14 bits per heavy atom. The molecule has 0 aromatic heterocycles. The van der Waals surface area contributed by atoms with E-state index in [1.807, 2.05) is 0 Å². The van der Waals surface area contributed by atoms with E-state index in [9.17, 15) is 0 Å². The molecule has 3 nitrogen and oxygen atoms in total. The largest absolute Gasteiger partial charge is 0.427 e. The number of aryl methyl sites for hydroxylation is 4. The van der Waals surface area contributed by atoms with Crippen molar-refractivity contribution in [1.82, 2.24) is 4.67 Å². The summed E-state index contributed by atoms with van der Waals surface area (Å²) in [5.74, 6) is 2.48. The van der Waals surface area contributed by atoms with Crippen molar-refractivity contribution in [1.29, 1.82) is 0 Å². The van der Waals surface area contributed by atoms with E-state index in [4.69, 9.17) is 9.05 Å². The zero-order chi connectivity index (χ0) is 26.1. The summed E-state index contributed by atoms with van der Waals surface area (Å²) >= 11 is 0. The van der Waals surface area contributed by atoms with Crippen LogP contribution in [0.5, 0.6) is 11.5 Å². The number of unbranched alkanes of at least 4 members (excludes halogenated alkanes) is 2. The molecule has 0 saturated heterocycles. The molecule has 4 heteroatoms. The lowest BCUT2D eigenvalue weighted by Gasteiger charge is -2.32. The van der Waals surface area contributed by atoms with Gasteiger partial charge >= 0.3 is 8.53 Å². The third kappa shape index (κ3) is 7.05. The molecule has 2 aromatic rings. The quantitative estimate of drug-likeness (QED) is 0.250. The molecule has 0 aliphatic carbocycles. The second-order valence-corrected chi connectivity index (χ2v) is 12.0. The van der Waals surface area contributed by atoms with Crippen LogP contribution in [-0.2, 0) is 12.8 Å². The van der Waals surface area contributed by atoms with Gasteiger partial charge in [-0.05, 0) is 104 Å². The van der Waals surface area contributed by atoms with Gasteiger partial charge in [0.15, 0.2) is 0 Å². The van der Waals surface area contributed by atoms with Crippen molar-refractivity contribution in [2.45, 2.75) is 119 Å². The second kappa shape index (κ2) is 14.4. The van der Waals surface area contributed by atoms with Crippen LogP contribution >= 0.6 is 8.53 Å². The van der Waals surface area contributed by atoms with Gasteiger partial charge in [0.25, 0.3) is 0 Å². The SMILES string of the molecule is CCCCc1cc2c(C)cc1OP(N(CCC)CCC)Oc1cc(C)c(cc1CCCC)C2CCC. The Labute approximate surface area is 222 Å². The van der Waals surface area contributed by atoms with Gasteiger partial charge in [-0.1, -0.05) is 66.0 Å². The van der Waals surface area contributed by atoms with Crippen molar-refractivity contribution in [3.05, 3.63) is 57.6 Å². The molecular formula is C32H50NO2P. The van der Waals surface area contributed by atoms with Gasteiger partial charge in [-0.15, -0.1) is 0 Å². The summed E-state index contributed by atoms with van der Waals surface area (Å²) in [6, 6.07) is 9.61. The summed E-state index contributed by atoms with van der Waals surface area (Å²) in [5, 5.41) is 0. The molecule has 2 aromatic carbocycles. The van der Waals surface area contributed by atoms with Crippen molar-refractivity contribution < 1.29 is 9.05 Å². The van der Waals surface area contributed by atoms with E-state index < -0.39 is 8.53 Å². The molecule has 0 spiro atoms. The fourth-order valence-electron chi connectivity index (χ4n) is 5.40. The van der Waals surface area contributed by atoms with E-state index in [-0.39, 0.29) is 0 Å². The van der Waals surface area contributed by atoms with Gasteiger partial charge < -0.3 is 9.05 Å². The maximum atomic E-state index is 6.93. The average Bonchev–Trinajstić information content (AvgIpc) is 2.85. The fraction of sp³-hybridized carbons (Fsp3) is 0.625. The van der Waals surface area contributed by atoms with Crippen LogP contribution in [0.3, 0.4) is 0 Å². The van der Waals surface area contributed by atoms with Gasteiger partial charge in [0.1, 0.15) is 11.5 Å². The zero-order valence-corrected chi connectivity index (χ0v) is 25.0. The van der Waals surface area contributed by atoms with Crippen LogP contribution in [0.15, 0.2) is 24.3 Å². The van der Waals surface area contributed by atoms with Crippen LogP contribution in [0.25, 0.3) is 0 Å². The standard InChI is InChI=1S/C32H50NO2P/c1-8-13-16-26-22-29-24(6)20-31(26)34-36(33(18-11-4)19-12-5)35-32-21-25(7)30(28(29)15-10-3)23-27(32)17-14-9-2/h20-23,28H,8-19H2,1-7H3. The van der Waals surface area contributed by atoms with Crippen molar-refractivity contribution in [2.24, 2.45) is 0 Å². The highest BCUT2D eigenvalue weighted by molar-refractivity contribution is 7.45. The molecule has 0 N–H and O–H groups in total. The Balaban J connectivity index is 2.26. The van der Waals surface area contributed by atoms with Crippen LogP contribution in [0.2, 0.25) is 0 Å². The minimum absolute atomic E-state index is 0.413. The molecule has 6 rings (SSSR count). The molecule has 0 fully saturated rings. The average molecular weight is 512 g/mol. The Morgan fingerprint density at radius 3 is 1.53 bits per heavy atom. The van der Waals surface area contributed by atoms with Crippen molar-refractivity contribution in [2.75, 3.05) is 13.1 Å². The predicted octanol–water partition coefficient (Wildman–Crippen LogP) is 10.0. The molecule has 0 radical (unpaired) electrons. The third-order valence-corrected chi connectivity index (χ3v) is 8.94. The van der Waals surface area contributed by atoms with Crippen LogP contribution in [0.1, 0.15) is 125 Å². The zero-order valence-electron chi connectivity index (χ0n) is 24.1. The first kappa shape index (κ1) is 29.0. The van der Waals surface area contributed by atoms with Crippen LogP contribution in [0, 0.1) is 13.8 Å². The Hall–Kier alpha value is -1.57. The molecule has 0 amide bonds.